The zero-order valence-electron chi connectivity index (χ0n) is 11.7. The fourth-order valence-corrected chi connectivity index (χ4v) is 2.69. The van der Waals surface area contributed by atoms with E-state index in [1.807, 2.05) is 13.0 Å². The van der Waals surface area contributed by atoms with E-state index in [4.69, 9.17) is 0 Å². The van der Waals surface area contributed by atoms with Gasteiger partial charge in [0.2, 0.25) is 0 Å². The van der Waals surface area contributed by atoms with Crippen LogP contribution in [-0.4, -0.2) is 22.6 Å². The number of aromatic nitrogens is 2. The Morgan fingerprint density at radius 2 is 2.06 bits per heavy atom. The number of hydrogen-bond acceptors (Lipinski definition) is 4. The second kappa shape index (κ2) is 6.03. The molecule has 1 saturated carbocycles. The summed E-state index contributed by atoms with van der Waals surface area (Å²) in [6.45, 7) is 7.24. The molecular weight excluding hydrogens is 224 g/mol. The number of hydrogen-bond donors (Lipinski definition) is 2. The molecule has 0 aromatic carbocycles. The van der Waals surface area contributed by atoms with Gasteiger partial charge in [0.15, 0.2) is 0 Å². The Kier molecular flexibility index (Phi) is 4.39. The smallest absolute Gasteiger partial charge is 0.132 e. The van der Waals surface area contributed by atoms with E-state index in [0.29, 0.717) is 6.04 Å². The molecule has 4 heteroatoms. The van der Waals surface area contributed by atoms with E-state index in [1.54, 1.807) is 0 Å². The van der Waals surface area contributed by atoms with Crippen LogP contribution >= 0.6 is 0 Å². The second-order valence-corrected chi connectivity index (χ2v) is 5.33. The third-order valence-corrected chi connectivity index (χ3v) is 3.48. The van der Waals surface area contributed by atoms with Crippen LogP contribution in [0.2, 0.25) is 0 Å². The molecule has 2 unspecified atom stereocenters. The van der Waals surface area contributed by atoms with Gasteiger partial charge in [0.1, 0.15) is 17.5 Å². The molecule has 4 nitrogen and oxygen atoms in total. The summed E-state index contributed by atoms with van der Waals surface area (Å²) in [7, 11) is 0. The number of anilines is 2. The predicted molar refractivity (Wildman–Crippen MR) is 76.0 cm³/mol. The van der Waals surface area contributed by atoms with E-state index in [9.17, 15) is 0 Å². The summed E-state index contributed by atoms with van der Waals surface area (Å²) in [6.07, 6.45) is 5.19. The van der Waals surface area contributed by atoms with Crippen LogP contribution in [0.4, 0.5) is 11.6 Å². The Morgan fingerprint density at radius 1 is 1.28 bits per heavy atom. The molecule has 0 radical (unpaired) electrons. The molecular formula is C14H24N4. The third-order valence-electron chi connectivity index (χ3n) is 3.48. The summed E-state index contributed by atoms with van der Waals surface area (Å²) in [5, 5.41) is 6.80. The Morgan fingerprint density at radius 3 is 2.78 bits per heavy atom. The monoisotopic (exact) mass is 248 g/mol. The predicted octanol–water partition coefficient (Wildman–Crippen LogP) is 3.21. The van der Waals surface area contributed by atoms with Crippen LogP contribution in [0, 0.1) is 12.8 Å². The van der Waals surface area contributed by atoms with E-state index in [0.717, 1.165) is 29.9 Å². The van der Waals surface area contributed by atoms with Crippen LogP contribution in [0.15, 0.2) is 6.07 Å². The Hall–Kier alpha value is -1.32. The lowest BCUT2D eigenvalue weighted by Gasteiger charge is -2.28. The standard InChI is InChI=1S/C14H24N4/c1-4-15-13-9-14(17-11(3)16-13)18-12-7-5-6-10(2)8-12/h9-10,12H,4-8H2,1-3H3,(H2,15,16,17,18). The number of rotatable bonds is 4. The highest BCUT2D eigenvalue weighted by Crippen LogP contribution is 2.26. The summed E-state index contributed by atoms with van der Waals surface area (Å²) in [5.41, 5.74) is 0. The zero-order chi connectivity index (χ0) is 13.0. The largest absolute Gasteiger partial charge is 0.370 e. The molecule has 0 amide bonds. The van der Waals surface area contributed by atoms with E-state index in [1.165, 1.54) is 25.7 Å². The number of nitrogens with one attached hydrogen (secondary N) is 2. The van der Waals surface area contributed by atoms with Gasteiger partial charge in [-0.1, -0.05) is 19.8 Å². The van der Waals surface area contributed by atoms with Crippen molar-refractivity contribution in [3.05, 3.63) is 11.9 Å². The molecule has 0 aliphatic heterocycles. The summed E-state index contributed by atoms with van der Waals surface area (Å²) in [4.78, 5) is 8.84. The fourth-order valence-electron chi connectivity index (χ4n) is 2.69. The highest BCUT2D eigenvalue weighted by atomic mass is 15.1. The maximum atomic E-state index is 4.47. The lowest BCUT2D eigenvalue weighted by Crippen LogP contribution is -2.26. The number of nitrogens with zero attached hydrogens (tertiary/aromatic N) is 2. The Balaban J connectivity index is 2.03. The van der Waals surface area contributed by atoms with Crippen LogP contribution in [0.25, 0.3) is 0 Å². The first-order valence-corrected chi connectivity index (χ1v) is 7.03. The molecule has 2 atom stereocenters. The van der Waals surface area contributed by atoms with Gasteiger partial charge >= 0.3 is 0 Å². The minimum absolute atomic E-state index is 0.567. The first kappa shape index (κ1) is 13.1. The maximum absolute atomic E-state index is 4.47. The summed E-state index contributed by atoms with van der Waals surface area (Å²) >= 11 is 0. The molecule has 2 rings (SSSR count). The normalized spacial score (nSPS) is 23.7. The molecule has 1 aliphatic rings. The van der Waals surface area contributed by atoms with Gasteiger partial charge in [-0.3, -0.25) is 0 Å². The quantitative estimate of drug-likeness (QED) is 0.859. The first-order chi connectivity index (χ1) is 8.67. The molecule has 1 heterocycles. The van der Waals surface area contributed by atoms with E-state index < -0.39 is 0 Å². The van der Waals surface area contributed by atoms with Crippen LogP contribution < -0.4 is 10.6 Å². The van der Waals surface area contributed by atoms with Crippen LogP contribution in [0.3, 0.4) is 0 Å². The summed E-state index contributed by atoms with van der Waals surface area (Å²) in [5.74, 6) is 3.51. The molecule has 1 aromatic rings. The average Bonchev–Trinajstić information content (AvgIpc) is 2.28. The second-order valence-electron chi connectivity index (χ2n) is 5.33. The van der Waals surface area contributed by atoms with Crippen LogP contribution in [-0.2, 0) is 0 Å². The van der Waals surface area contributed by atoms with Crippen molar-refractivity contribution >= 4 is 11.6 Å². The third kappa shape index (κ3) is 3.59. The van der Waals surface area contributed by atoms with Gasteiger partial charge in [0.05, 0.1) is 0 Å². The molecule has 2 N–H and O–H groups in total. The van der Waals surface area contributed by atoms with E-state index in [2.05, 4.69) is 34.4 Å². The lowest BCUT2D eigenvalue weighted by molar-refractivity contribution is 0.358. The first-order valence-electron chi connectivity index (χ1n) is 7.03. The van der Waals surface area contributed by atoms with Gasteiger partial charge in [0, 0.05) is 18.7 Å². The molecule has 100 valence electrons. The van der Waals surface area contributed by atoms with E-state index in [-0.39, 0.29) is 0 Å². The molecule has 1 aliphatic carbocycles. The van der Waals surface area contributed by atoms with Gasteiger partial charge in [-0.25, -0.2) is 9.97 Å². The molecule has 18 heavy (non-hydrogen) atoms. The van der Waals surface area contributed by atoms with Gasteiger partial charge in [-0.2, -0.15) is 0 Å². The SMILES string of the molecule is CCNc1cc(NC2CCCC(C)C2)nc(C)n1. The molecule has 1 fully saturated rings. The van der Waals surface area contributed by atoms with Crippen molar-refractivity contribution in [3.63, 3.8) is 0 Å². The number of aryl methyl sites for hydroxylation is 1. The zero-order valence-corrected chi connectivity index (χ0v) is 11.7. The van der Waals surface area contributed by atoms with Crippen LogP contribution in [0.5, 0.6) is 0 Å². The molecule has 0 bridgehead atoms. The topological polar surface area (TPSA) is 49.8 Å². The minimum atomic E-state index is 0.567. The molecule has 1 aromatic heterocycles. The van der Waals surface area contributed by atoms with Gasteiger partial charge in [0.25, 0.3) is 0 Å². The average molecular weight is 248 g/mol. The molecule has 0 spiro atoms. The van der Waals surface area contributed by atoms with Crippen molar-refractivity contribution in [1.29, 1.82) is 0 Å². The van der Waals surface area contributed by atoms with E-state index >= 15 is 0 Å². The van der Waals surface area contributed by atoms with Crippen molar-refractivity contribution in [2.45, 2.75) is 52.5 Å². The van der Waals surface area contributed by atoms with Crippen molar-refractivity contribution in [2.24, 2.45) is 5.92 Å². The summed E-state index contributed by atoms with van der Waals surface area (Å²) in [6, 6.07) is 2.58. The Bertz CT molecular complexity index is 391. The molecule has 0 saturated heterocycles. The highest BCUT2D eigenvalue weighted by molar-refractivity contribution is 5.48. The van der Waals surface area contributed by atoms with Gasteiger partial charge < -0.3 is 10.6 Å². The maximum Gasteiger partial charge on any atom is 0.132 e. The van der Waals surface area contributed by atoms with Crippen molar-refractivity contribution in [3.8, 4) is 0 Å². The Labute approximate surface area is 110 Å². The van der Waals surface area contributed by atoms with Crippen molar-refractivity contribution < 1.29 is 0 Å². The summed E-state index contributed by atoms with van der Waals surface area (Å²) < 4.78 is 0. The van der Waals surface area contributed by atoms with Crippen molar-refractivity contribution in [2.75, 3.05) is 17.2 Å². The fraction of sp³-hybridized carbons (Fsp3) is 0.714. The van der Waals surface area contributed by atoms with Crippen molar-refractivity contribution in [1.82, 2.24) is 9.97 Å². The van der Waals surface area contributed by atoms with Gasteiger partial charge in [-0.05, 0) is 32.6 Å². The minimum Gasteiger partial charge on any atom is -0.370 e. The van der Waals surface area contributed by atoms with Crippen LogP contribution in [0.1, 0.15) is 45.4 Å². The van der Waals surface area contributed by atoms with Gasteiger partial charge in [-0.15, -0.1) is 0 Å². The lowest BCUT2D eigenvalue weighted by atomic mass is 9.87. The highest BCUT2D eigenvalue weighted by Gasteiger charge is 2.19.